The topological polar surface area (TPSA) is 155 Å². The number of carbonyl (C=O) groups is 4. The quantitative estimate of drug-likeness (QED) is 0.349. The molecule has 4 N–H and O–H groups in total. The second-order valence-corrected chi connectivity index (χ2v) is 11.3. The van der Waals surface area contributed by atoms with Crippen LogP contribution in [0.2, 0.25) is 0 Å². The zero-order valence-electron chi connectivity index (χ0n) is 23.4. The molecule has 11 nitrogen and oxygen atoms in total. The lowest BCUT2D eigenvalue weighted by atomic mass is 10.0. The fourth-order valence-corrected chi connectivity index (χ4v) is 5.51. The number of thiazole rings is 1. The Hall–Kier alpha value is -4.06. The lowest BCUT2D eigenvalue weighted by Crippen LogP contribution is -2.49. The van der Waals surface area contributed by atoms with E-state index in [1.54, 1.807) is 11.4 Å². The van der Waals surface area contributed by atoms with Crippen molar-refractivity contribution in [2.45, 2.75) is 71.0 Å². The van der Waals surface area contributed by atoms with Crippen molar-refractivity contribution in [3.63, 3.8) is 0 Å². The van der Waals surface area contributed by atoms with E-state index >= 15 is 0 Å². The molecular weight excluding hydrogens is 544 g/mol. The number of nitrogens with zero attached hydrogens (tertiary/aromatic N) is 2. The first-order valence-electron chi connectivity index (χ1n) is 13.9. The second kappa shape index (κ2) is 14.0. The van der Waals surface area contributed by atoms with Gasteiger partial charge in [0.15, 0.2) is 0 Å². The van der Waals surface area contributed by atoms with Crippen molar-refractivity contribution in [2.24, 2.45) is 5.92 Å². The summed E-state index contributed by atoms with van der Waals surface area (Å²) in [7, 11) is 0. The Morgan fingerprint density at radius 1 is 1.12 bits per heavy atom. The summed E-state index contributed by atoms with van der Waals surface area (Å²) in [4.78, 5) is 57.1. The van der Waals surface area contributed by atoms with Gasteiger partial charge in [-0.1, -0.05) is 56.3 Å². The molecule has 1 aliphatic heterocycles. The number of hydrogen-bond donors (Lipinski definition) is 4. The van der Waals surface area contributed by atoms with Crippen LogP contribution in [-0.2, 0) is 22.4 Å². The number of aryl methyl sites for hydroxylation is 1. The lowest BCUT2D eigenvalue weighted by Gasteiger charge is -2.25. The first kappa shape index (κ1) is 29.9. The normalized spacial score (nSPS) is 20.7. The molecule has 4 rings (SSSR count). The van der Waals surface area contributed by atoms with Crippen molar-refractivity contribution >= 4 is 35.0 Å². The molecule has 0 unspecified atom stereocenters. The Labute approximate surface area is 242 Å². The van der Waals surface area contributed by atoms with E-state index < -0.39 is 29.9 Å². The van der Waals surface area contributed by atoms with Crippen molar-refractivity contribution in [3.05, 3.63) is 69.5 Å². The van der Waals surface area contributed by atoms with Gasteiger partial charge in [-0.2, -0.15) is 0 Å². The highest BCUT2D eigenvalue weighted by Crippen LogP contribution is 2.26. The maximum atomic E-state index is 13.5. The van der Waals surface area contributed by atoms with Crippen LogP contribution in [0.5, 0.6) is 0 Å². The summed E-state index contributed by atoms with van der Waals surface area (Å²) in [5.41, 5.74) is 1.73. The molecule has 3 heterocycles. The van der Waals surface area contributed by atoms with E-state index in [1.165, 1.54) is 11.3 Å². The number of hydrogen-bond acceptors (Lipinski definition) is 8. The van der Waals surface area contributed by atoms with Crippen LogP contribution in [0.15, 0.2) is 46.3 Å². The zero-order valence-corrected chi connectivity index (χ0v) is 24.3. The Bertz CT molecular complexity index is 1350. The smallest absolute Gasteiger partial charge is 0.290 e. The van der Waals surface area contributed by atoms with E-state index in [0.29, 0.717) is 49.4 Å². The molecule has 4 amide bonds. The minimum Gasteiger partial charge on any atom is -0.354 e. The van der Waals surface area contributed by atoms with Crippen LogP contribution in [0.4, 0.5) is 0 Å². The molecule has 0 radical (unpaired) electrons. The molecule has 0 aliphatic carbocycles. The Morgan fingerprint density at radius 3 is 2.61 bits per heavy atom. The highest BCUT2D eigenvalue weighted by atomic mass is 32.1. The summed E-state index contributed by atoms with van der Waals surface area (Å²) in [5.74, 6) is -1.67. The number of rotatable bonds is 6. The van der Waals surface area contributed by atoms with E-state index in [1.807, 2.05) is 51.1 Å². The maximum Gasteiger partial charge on any atom is 0.290 e. The fourth-order valence-electron chi connectivity index (χ4n) is 4.49. The third-order valence-corrected chi connectivity index (χ3v) is 7.80. The Balaban J connectivity index is 1.57. The zero-order chi connectivity index (χ0) is 29.4. The van der Waals surface area contributed by atoms with Crippen LogP contribution in [0.25, 0.3) is 0 Å². The highest BCUT2D eigenvalue weighted by Gasteiger charge is 2.30. The third kappa shape index (κ3) is 8.00. The molecule has 3 aromatic rings. The molecule has 3 atom stereocenters. The van der Waals surface area contributed by atoms with Crippen molar-refractivity contribution in [3.8, 4) is 0 Å². The van der Waals surface area contributed by atoms with Gasteiger partial charge in [0.25, 0.3) is 11.8 Å². The number of aromatic nitrogens is 2. The van der Waals surface area contributed by atoms with Crippen LogP contribution in [0, 0.1) is 5.92 Å². The summed E-state index contributed by atoms with van der Waals surface area (Å²) in [6.07, 6.45) is 2.41. The summed E-state index contributed by atoms with van der Waals surface area (Å²) >= 11 is 1.26. The molecule has 2 bridgehead atoms. The largest absolute Gasteiger partial charge is 0.354 e. The van der Waals surface area contributed by atoms with Crippen LogP contribution >= 0.6 is 11.3 Å². The maximum absolute atomic E-state index is 13.5. The minimum absolute atomic E-state index is 0.0366. The van der Waals surface area contributed by atoms with Crippen LogP contribution < -0.4 is 21.3 Å². The van der Waals surface area contributed by atoms with Gasteiger partial charge >= 0.3 is 0 Å². The molecule has 0 saturated heterocycles. The third-order valence-electron chi connectivity index (χ3n) is 6.88. The van der Waals surface area contributed by atoms with Gasteiger partial charge < -0.3 is 25.8 Å². The van der Waals surface area contributed by atoms with E-state index in [4.69, 9.17) is 4.52 Å². The average Bonchev–Trinajstić information content (AvgIpc) is 3.65. The minimum atomic E-state index is -0.851. The number of benzene rings is 1. The van der Waals surface area contributed by atoms with Gasteiger partial charge in [0.1, 0.15) is 22.8 Å². The SMILES string of the molecule is CCc1cc(C(=O)N[C@H]2CCCCNC(=O)[C@@H](Cc3ccccc3)NC(=O)c3csc(n3)[C@@H](C(C)C)NC2=O)on1. The van der Waals surface area contributed by atoms with Gasteiger partial charge in [0.2, 0.25) is 17.6 Å². The van der Waals surface area contributed by atoms with E-state index in [9.17, 15) is 19.2 Å². The van der Waals surface area contributed by atoms with E-state index in [2.05, 4.69) is 31.4 Å². The molecule has 218 valence electrons. The van der Waals surface area contributed by atoms with Gasteiger partial charge in [-0.25, -0.2) is 4.98 Å². The molecule has 1 aliphatic rings. The van der Waals surface area contributed by atoms with Crippen molar-refractivity contribution in [2.75, 3.05) is 6.54 Å². The first-order valence-corrected chi connectivity index (χ1v) is 14.8. The second-order valence-electron chi connectivity index (χ2n) is 10.4. The van der Waals surface area contributed by atoms with E-state index in [-0.39, 0.29) is 29.2 Å². The standard InChI is InChI=1S/C29H36N6O5S/c1-4-19-15-23(40-35-19)28(39)31-20-12-8-9-13-30-25(36)21(14-18-10-6-5-7-11-18)32-27(38)22-16-41-29(33-22)24(17(2)3)34-26(20)37/h5-7,10-11,15-17,20-21,24H,4,8-9,12-14H2,1-3H3,(H,30,36)(H,31,39)(H,32,38)(H,34,37)/t20-,21+,24+/m0/s1. The Kier molecular flexibility index (Phi) is 10.2. The summed E-state index contributed by atoms with van der Waals surface area (Å²) < 4.78 is 5.15. The average molecular weight is 581 g/mol. The number of nitrogens with one attached hydrogen (secondary N) is 4. The monoisotopic (exact) mass is 580 g/mol. The highest BCUT2D eigenvalue weighted by molar-refractivity contribution is 7.09. The molecule has 0 fully saturated rings. The van der Waals surface area contributed by atoms with Gasteiger partial charge in [-0.15, -0.1) is 11.3 Å². The summed E-state index contributed by atoms with van der Waals surface area (Å²) in [6.45, 7) is 6.13. The van der Waals surface area contributed by atoms with Gasteiger partial charge in [0.05, 0.1) is 11.7 Å². The lowest BCUT2D eigenvalue weighted by molar-refractivity contribution is -0.124. The summed E-state index contributed by atoms with van der Waals surface area (Å²) in [6, 6.07) is 8.92. The van der Waals surface area contributed by atoms with Crippen LogP contribution in [-0.4, -0.2) is 52.4 Å². The molecule has 41 heavy (non-hydrogen) atoms. The molecule has 12 heteroatoms. The van der Waals surface area contributed by atoms with Crippen molar-refractivity contribution in [1.82, 2.24) is 31.4 Å². The van der Waals surface area contributed by atoms with Crippen LogP contribution in [0.1, 0.15) is 83.4 Å². The molecule has 2 aromatic heterocycles. The molecule has 1 aromatic carbocycles. The van der Waals surface area contributed by atoms with Gasteiger partial charge in [0, 0.05) is 24.4 Å². The van der Waals surface area contributed by atoms with Crippen molar-refractivity contribution < 1.29 is 23.7 Å². The Morgan fingerprint density at radius 2 is 1.90 bits per heavy atom. The molecule has 0 saturated carbocycles. The molecular formula is C29H36N6O5S. The van der Waals surface area contributed by atoms with E-state index in [0.717, 1.165) is 5.56 Å². The molecule has 0 spiro atoms. The number of amides is 4. The predicted molar refractivity (Wildman–Crippen MR) is 153 cm³/mol. The van der Waals surface area contributed by atoms with Gasteiger partial charge in [-0.05, 0) is 37.2 Å². The summed E-state index contributed by atoms with van der Waals surface area (Å²) in [5, 5.41) is 17.6. The number of carbonyl (C=O) groups excluding carboxylic acids is 4. The van der Waals surface area contributed by atoms with Crippen LogP contribution in [0.3, 0.4) is 0 Å². The number of fused-ring (bicyclic) bond motifs is 2. The van der Waals surface area contributed by atoms with Gasteiger partial charge in [-0.3, -0.25) is 19.2 Å². The predicted octanol–water partition coefficient (Wildman–Crippen LogP) is 2.95. The van der Waals surface area contributed by atoms with Crippen molar-refractivity contribution in [1.29, 1.82) is 0 Å². The fraction of sp³-hybridized carbons (Fsp3) is 0.448. The first-order chi connectivity index (χ1) is 19.7.